The van der Waals surface area contributed by atoms with Crippen molar-refractivity contribution in [1.29, 1.82) is 0 Å². The molecule has 7 heteroatoms. The van der Waals surface area contributed by atoms with Crippen LogP contribution in [0.4, 0.5) is 10.1 Å². The highest BCUT2D eigenvalue weighted by molar-refractivity contribution is 5.94. The predicted molar refractivity (Wildman–Crippen MR) is 120 cm³/mol. The fraction of sp³-hybridized carbons (Fsp3) is 0.333. The van der Waals surface area contributed by atoms with Crippen LogP contribution in [0.15, 0.2) is 60.9 Å². The van der Waals surface area contributed by atoms with Gasteiger partial charge in [0.05, 0.1) is 11.7 Å². The van der Waals surface area contributed by atoms with Crippen molar-refractivity contribution in [2.75, 3.05) is 37.6 Å². The van der Waals surface area contributed by atoms with Gasteiger partial charge in [-0.2, -0.15) is 5.10 Å². The average molecular weight is 422 g/mol. The SMILES string of the molecule is CCN1CCN(c2ccc(F)cc2C(C)NC(=O)c2ccc(-n3cccn3)cc2)CC1. The summed E-state index contributed by atoms with van der Waals surface area (Å²) in [5, 5.41) is 7.22. The van der Waals surface area contributed by atoms with E-state index in [0.717, 1.165) is 49.7 Å². The smallest absolute Gasteiger partial charge is 0.251 e. The number of halogens is 1. The maximum Gasteiger partial charge on any atom is 0.251 e. The molecule has 1 aromatic heterocycles. The lowest BCUT2D eigenvalue weighted by Gasteiger charge is -2.37. The summed E-state index contributed by atoms with van der Waals surface area (Å²) in [6.45, 7) is 8.85. The van der Waals surface area contributed by atoms with E-state index in [2.05, 4.69) is 27.1 Å². The summed E-state index contributed by atoms with van der Waals surface area (Å²) in [5.41, 5.74) is 3.22. The molecule has 3 aromatic rings. The number of piperazine rings is 1. The van der Waals surface area contributed by atoms with Crippen molar-refractivity contribution in [3.05, 3.63) is 77.9 Å². The van der Waals surface area contributed by atoms with Gasteiger partial charge in [-0.3, -0.25) is 4.79 Å². The molecule has 0 radical (unpaired) electrons. The second kappa shape index (κ2) is 9.31. The zero-order chi connectivity index (χ0) is 21.8. The molecule has 1 atom stereocenters. The van der Waals surface area contributed by atoms with Crippen LogP contribution in [0.2, 0.25) is 0 Å². The van der Waals surface area contributed by atoms with E-state index >= 15 is 0 Å². The number of benzene rings is 2. The predicted octanol–water partition coefficient (Wildman–Crippen LogP) is 3.64. The van der Waals surface area contributed by atoms with Crippen molar-refractivity contribution in [2.24, 2.45) is 0 Å². The third-order valence-electron chi connectivity index (χ3n) is 5.86. The first kappa shape index (κ1) is 21.1. The summed E-state index contributed by atoms with van der Waals surface area (Å²) in [6, 6.07) is 13.6. The molecule has 1 aliphatic heterocycles. The van der Waals surface area contributed by atoms with Crippen molar-refractivity contribution >= 4 is 11.6 Å². The molecule has 1 unspecified atom stereocenters. The van der Waals surface area contributed by atoms with Gasteiger partial charge in [-0.1, -0.05) is 6.92 Å². The van der Waals surface area contributed by atoms with Gasteiger partial charge >= 0.3 is 0 Å². The Labute approximate surface area is 182 Å². The highest BCUT2D eigenvalue weighted by Crippen LogP contribution is 2.28. The summed E-state index contributed by atoms with van der Waals surface area (Å²) < 4.78 is 15.8. The zero-order valence-corrected chi connectivity index (χ0v) is 18.0. The Morgan fingerprint density at radius 1 is 1.13 bits per heavy atom. The standard InChI is InChI=1S/C24H28FN5O/c1-3-28-13-15-29(16-14-28)23-10-7-20(25)17-22(23)18(2)27-24(31)19-5-8-21(9-6-19)30-12-4-11-26-30/h4-12,17-18H,3,13-16H2,1-2H3,(H,27,31). The van der Waals surface area contributed by atoms with Crippen LogP contribution < -0.4 is 10.2 Å². The molecule has 1 N–H and O–H groups in total. The van der Waals surface area contributed by atoms with E-state index in [4.69, 9.17) is 0 Å². The van der Waals surface area contributed by atoms with E-state index in [-0.39, 0.29) is 17.8 Å². The van der Waals surface area contributed by atoms with Crippen LogP contribution in [0.3, 0.4) is 0 Å². The minimum atomic E-state index is -0.326. The van der Waals surface area contributed by atoms with Gasteiger partial charge in [-0.15, -0.1) is 0 Å². The van der Waals surface area contributed by atoms with Gasteiger partial charge in [0.25, 0.3) is 5.91 Å². The summed E-state index contributed by atoms with van der Waals surface area (Å²) in [4.78, 5) is 17.5. The highest BCUT2D eigenvalue weighted by atomic mass is 19.1. The van der Waals surface area contributed by atoms with Crippen LogP contribution in [-0.4, -0.2) is 53.3 Å². The number of carbonyl (C=O) groups excluding carboxylic acids is 1. The van der Waals surface area contributed by atoms with Gasteiger partial charge in [0, 0.05) is 55.4 Å². The molecular weight excluding hydrogens is 393 g/mol. The molecule has 2 heterocycles. The third-order valence-corrected chi connectivity index (χ3v) is 5.86. The van der Waals surface area contributed by atoms with E-state index in [1.165, 1.54) is 12.1 Å². The fourth-order valence-electron chi connectivity index (χ4n) is 4.01. The van der Waals surface area contributed by atoms with Crippen LogP contribution in [0, 0.1) is 5.82 Å². The number of hydrogen-bond donors (Lipinski definition) is 1. The number of aromatic nitrogens is 2. The zero-order valence-electron chi connectivity index (χ0n) is 18.0. The second-order valence-corrected chi connectivity index (χ2v) is 7.82. The third kappa shape index (κ3) is 4.77. The maximum atomic E-state index is 14.1. The van der Waals surface area contributed by atoms with Gasteiger partial charge in [0.2, 0.25) is 0 Å². The number of hydrogen-bond acceptors (Lipinski definition) is 4. The van der Waals surface area contributed by atoms with Crippen LogP contribution in [0.5, 0.6) is 0 Å². The fourth-order valence-corrected chi connectivity index (χ4v) is 4.01. The van der Waals surface area contributed by atoms with Crippen molar-refractivity contribution in [3.8, 4) is 5.69 Å². The molecule has 0 aliphatic carbocycles. The van der Waals surface area contributed by atoms with Gasteiger partial charge in [0.15, 0.2) is 0 Å². The largest absolute Gasteiger partial charge is 0.369 e. The molecule has 162 valence electrons. The minimum Gasteiger partial charge on any atom is -0.369 e. The number of carbonyl (C=O) groups is 1. The highest BCUT2D eigenvalue weighted by Gasteiger charge is 2.22. The van der Waals surface area contributed by atoms with Crippen molar-refractivity contribution in [3.63, 3.8) is 0 Å². The van der Waals surface area contributed by atoms with Crippen LogP contribution in [0.1, 0.15) is 35.8 Å². The Bertz CT molecular complexity index is 1010. The van der Waals surface area contributed by atoms with E-state index in [1.54, 1.807) is 23.0 Å². The van der Waals surface area contributed by atoms with Gasteiger partial charge < -0.3 is 15.1 Å². The number of rotatable bonds is 6. The van der Waals surface area contributed by atoms with Gasteiger partial charge in [-0.05, 0) is 62.0 Å². The van der Waals surface area contributed by atoms with Crippen molar-refractivity contribution in [1.82, 2.24) is 20.0 Å². The first-order valence-corrected chi connectivity index (χ1v) is 10.7. The Kier molecular flexibility index (Phi) is 6.32. The van der Waals surface area contributed by atoms with Crippen molar-refractivity contribution < 1.29 is 9.18 Å². The topological polar surface area (TPSA) is 53.4 Å². The molecule has 0 saturated carbocycles. The average Bonchev–Trinajstić information content (AvgIpc) is 3.34. The number of likely N-dealkylation sites (N-methyl/N-ethyl adjacent to an activating group) is 1. The van der Waals surface area contributed by atoms with Crippen LogP contribution in [0.25, 0.3) is 5.69 Å². The monoisotopic (exact) mass is 421 g/mol. The number of anilines is 1. The lowest BCUT2D eigenvalue weighted by atomic mass is 10.0. The van der Waals surface area contributed by atoms with Crippen LogP contribution >= 0.6 is 0 Å². The molecule has 1 aliphatic rings. The summed E-state index contributed by atoms with van der Waals surface area (Å²) in [5.74, 6) is -0.485. The molecule has 1 fully saturated rings. The molecule has 1 amide bonds. The minimum absolute atomic E-state index is 0.189. The van der Waals surface area contributed by atoms with E-state index in [1.807, 2.05) is 37.4 Å². The number of nitrogens with zero attached hydrogens (tertiary/aromatic N) is 4. The Morgan fingerprint density at radius 2 is 1.87 bits per heavy atom. The summed E-state index contributed by atoms with van der Waals surface area (Å²) >= 11 is 0. The molecular formula is C24H28FN5O. The Hall–Kier alpha value is -3.19. The van der Waals surface area contributed by atoms with Gasteiger partial charge in [0.1, 0.15) is 5.82 Å². The van der Waals surface area contributed by atoms with E-state index in [0.29, 0.717) is 5.56 Å². The Morgan fingerprint density at radius 3 is 2.52 bits per heavy atom. The number of amides is 1. The maximum absolute atomic E-state index is 14.1. The molecule has 4 rings (SSSR count). The first-order chi connectivity index (χ1) is 15.0. The first-order valence-electron chi connectivity index (χ1n) is 10.7. The quantitative estimate of drug-likeness (QED) is 0.660. The second-order valence-electron chi connectivity index (χ2n) is 7.82. The lowest BCUT2D eigenvalue weighted by molar-refractivity contribution is 0.0940. The van der Waals surface area contributed by atoms with Gasteiger partial charge in [-0.25, -0.2) is 9.07 Å². The molecule has 31 heavy (non-hydrogen) atoms. The summed E-state index contributed by atoms with van der Waals surface area (Å²) in [7, 11) is 0. The van der Waals surface area contributed by atoms with Crippen LogP contribution in [-0.2, 0) is 0 Å². The molecule has 0 bridgehead atoms. The normalized spacial score (nSPS) is 15.6. The van der Waals surface area contributed by atoms with Crippen molar-refractivity contribution in [2.45, 2.75) is 19.9 Å². The lowest BCUT2D eigenvalue weighted by Crippen LogP contribution is -2.46. The molecule has 1 saturated heterocycles. The Balaban J connectivity index is 1.48. The number of nitrogens with one attached hydrogen (secondary N) is 1. The molecule has 6 nitrogen and oxygen atoms in total. The molecule has 2 aromatic carbocycles. The van der Waals surface area contributed by atoms with E-state index < -0.39 is 0 Å². The summed E-state index contributed by atoms with van der Waals surface area (Å²) in [6.07, 6.45) is 3.56. The van der Waals surface area contributed by atoms with E-state index in [9.17, 15) is 9.18 Å². The molecule has 0 spiro atoms.